The zero-order valence-electron chi connectivity index (χ0n) is 17.5. The fraction of sp³-hybridized carbons (Fsp3) is 0.435. The molecule has 2 aromatic rings. The van der Waals surface area contributed by atoms with Crippen molar-refractivity contribution in [3.8, 4) is 5.75 Å². The van der Waals surface area contributed by atoms with Crippen molar-refractivity contribution in [3.63, 3.8) is 0 Å². The largest absolute Gasteiger partial charge is 0.492 e. The monoisotopic (exact) mass is 426 g/mol. The van der Waals surface area contributed by atoms with Crippen LogP contribution in [0, 0.1) is 0 Å². The van der Waals surface area contributed by atoms with Crippen LogP contribution in [0.2, 0.25) is 0 Å². The molecular formula is C23H30N4O2S. The summed E-state index contributed by atoms with van der Waals surface area (Å²) in [6.45, 7) is 8.36. The second-order valence-corrected chi connectivity index (χ2v) is 9.32. The van der Waals surface area contributed by atoms with Crippen molar-refractivity contribution in [2.75, 3.05) is 56.5 Å². The van der Waals surface area contributed by atoms with Crippen LogP contribution in [0.3, 0.4) is 0 Å². The molecule has 0 saturated carbocycles. The van der Waals surface area contributed by atoms with E-state index in [1.54, 1.807) is 16.7 Å². The summed E-state index contributed by atoms with van der Waals surface area (Å²) in [6, 6.07) is 18.2. The van der Waals surface area contributed by atoms with Crippen LogP contribution in [0.25, 0.3) is 0 Å². The number of carbonyl (C=O) groups is 1. The molecule has 0 bridgehead atoms. The maximum Gasteiger partial charge on any atom is 0.316 e. The van der Waals surface area contributed by atoms with E-state index in [1.165, 1.54) is 5.69 Å². The number of thioether (sulfide) groups is 1. The van der Waals surface area contributed by atoms with E-state index in [4.69, 9.17) is 10.5 Å². The number of ether oxygens (including phenoxy) is 1. The number of para-hydroxylation sites is 2. The third-order valence-electron chi connectivity index (χ3n) is 6.02. The molecule has 0 aromatic heterocycles. The molecule has 2 aliphatic rings. The molecule has 4 rings (SSSR count). The van der Waals surface area contributed by atoms with Crippen molar-refractivity contribution in [1.29, 1.82) is 0 Å². The summed E-state index contributed by atoms with van der Waals surface area (Å²) < 4.78 is 6.21. The first-order valence-corrected chi connectivity index (χ1v) is 11.5. The fourth-order valence-electron chi connectivity index (χ4n) is 4.30. The van der Waals surface area contributed by atoms with Gasteiger partial charge in [-0.25, -0.2) is 4.79 Å². The number of piperazine rings is 1. The Morgan fingerprint density at radius 1 is 1.03 bits per heavy atom. The second kappa shape index (κ2) is 9.18. The van der Waals surface area contributed by atoms with Crippen molar-refractivity contribution in [3.05, 3.63) is 60.2 Å². The Morgan fingerprint density at radius 2 is 1.73 bits per heavy atom. The van der Waals surface area contributed by atoms with Crippen molar-refractivity contribution in [2.45, 2.75) is 11.8 Å². The number of rotatable bonds is 6. The Balaban J connectivity index is 1.33. The normalized spacial score (nSPS) is 22.3. The van der Waals surface area contributed by atoms with Gasteiger partial charge >= 0.3 is 6.03 Å². The first kappa shape index (κ1) is 20.9. The van der Waals surface area contributed by atoms with Gasteiger partial charge in [0.2, 0.25) is 0 Å². The fourth-order valence-corrected chi connectivity index (χ4v) is 5.63. The number of primary amides is 1. The molecule has 0 aliphatic carbocycles. The quantitative estimate of drug-likeness (QED) is 0.769. The number of carbonyl (C=O) groups excluding carboxylic acids is 1. The predicted octanol–water partition coefficient (Wildman–Crippen LogP) is 3.19. The number of nitrogens with two attached hydrogens (primary N) is 1. The molecule has 6 nitrogen and oxygen atoms in total. The second-order valence-electron chi connectivity index (χ2n) is 7.83. The standard InChI is InChI=1S/C23H30N4O2S/c1-23(27(22(24)28)16-18-30-23)20-9-5-6-10-21(20)29-17-15-25-11-13-26(14-12-25)19-7-3-2-4-8-19/h2-10H,11-18H2,1H3,(H2,24,28). The summed E-state index contributed by atoms with van der Waals surface area (Å²) in [4.78, 5) is 18.1. The summed E-state index contributed by atoms with van der Waals surface area (Å²) in [5, 5.41) is 0. The smallest absolute Gasteiger partial charge is 0.316 e. The highest BCUT2D eigenvalue weighted by atomic mass is 32.2. The third kappa shape index (κ3) is 4.37. The molecule has 2 aliphatic heterocycles. The SMILES string of the molecule is CC1(c2ccccc2OCCN2CCN(c3ccccc3)CC2)SCCN1C(N)=O. The van der Waals surface area contributed by atoms with Crippen LogP contribution in [0.1, 0.15) is 12.5 Å². The minimum Gasteiger partial charge on any atom is -0.492 e. The first-order valence-electron chi connectivity index (χ1n) is 10.5. The third-order valence-corrected chi connectivity index (χ3v) is 7.41. The van der Waals surface area contributed by atoms with Crippen LogP contribution in [0.4, 0.5) is 10.5 Å². The van der Waals surface area contributed by atoms with Crippen LogP contribution in [-0.2, 0) is 4.87 Å². The van der Waals surface area contributed by atoms with Gasteiger partial charge in [0.05, 0.1) is 0 Å². The lowest BCUT2D eigenvalue weighted by Crippen LogP contribution is -2.47. The molecule has 2 fully saturated rings. The summed E-state index contributed by atoms with van der Waals surface area (Å²) in [5.41, 5.74) is 7.94. The Bertz CT molecular complexity index is 857. The topological polar surface area (TPSA) is 62.0 Å². The molecule has 30 heavy (non-hydrogen) atoms. The molecular weight excluding hydrogens is 396 g/mol. The van der Waals surface area contributed by atoms with Crippen molar-refractivity contribution < 1.29 is 9.53 Å². The van der Waals surface area contributed by atoms with E-state index in [0.29, 0.717) is 13.2 Å². The molecule has 2 heterocycles. The van der Waals surface area contributed by atoms with Gasteiger partial charge in [-0.1, -0.05) is 36.4 Å². The van der Waals surface area contributed by atoms with Gasteiger partial charge < -0.3 is 20.3 Å². The highest BCUT2D eigenvalue weighted by Crippen LogP contribution is 2.47. The number of benzene rings is 2. The molecule has 7 heteroatoms. The number of urea groups is 1. The summed E-state index contributed by atoms with van der Waals surface area (Å²) in [7, 11) is 0. The highest BCUT2D eigenvalue weighted by molar-refractivity contribution is 8.00. The van der Waals surface area contributed by atoms with Crippen molar-refractivity contribution in [2.24, 2.45) is 5.73 Å². The number of hydrogen-bond acceptors (Lipinski definition) is 5. The lowest BCUT2D eigenvalue weighted by Gasteiger charge is -2.36. The minimum atomic E-state index is -0.482. The van der Waals surface area contributed by atoms with Crippen LogP contribution >= 0.6 is 11.8 Å². The van der Waals surface area contributed by atoms with Crippen LogP contribution in [-0.4, -0.2) is 67.5 Å². The molecule has 2 N–H and O–H groups in total. The predicted molar refractivity (Wildman–Crippen MR) is 123 cm³/mol. The lowest BCUT2D eigenvalue weighted by atomic mass is 10.1. The summed E-state index contributed by atoms with van der Waals surface area (Å²) >= 11 is 1.74. The number of nitrogens with zero attached hydrogens (tertiary/aromatic N) is 3. The van der Waals surface area contributed by atoms with Gasteiger partial charge in [-0.05, 0) is 25.1 Å². The van der Waals surface area contributed by atoms with Gasteiger partial charge in [0, 0.05) is 56.3 Å². The molecule has 1 atom stereocenters. The Hall–Kier alpha value is -2.38. The van der Waals surface area contributed by atoms with Crippen LogP contribution < -0.4 is 15.4 Å². The minimum absolute atomic E-state index is 0.381. The van der Waals surface area contributed by atoms with Gasteiger partial charge in [-0.3, -0.25) is 4.90 Å². The van der Waals surface area contributed by atoms with Gasteiger partial charge in [-0.2, -0.15) is 0 Å². The average molecular weight is 427 g/mol. The maximum absolute atomic E-state index is 11.9. The zero-order chi connectivity index (χ0) is 21.0. The van der Waals surface area contributed by atoms with Crippen LogP contribution in [0.5, 0.6) is 5.75 Å². The van der Waals surface area contributed by atoms with Gasteiger partial charge in [0.1, 0.15) is 17.2 Å². The van der Waals surface area contributed by atoms with Gasteiger partial charge in [0.25, 0.3) is 0 Å². The molecule has 1 unspecified atom stereocenters. The van der Waals surface area contributed by atoms with E-state index >= 15 is 0 Å². The van der Waals surface area contributed by atoms with E-state index in [2.05, 4.69) is 47.1 Å². The van der Waals surface area contributed by atoms with E-state index in [-0.39, 0.29) is 6.03 Å². The number of amides is 2. The number of anilines is 1. The van der Waals surface area contributed by atoms with Crippen LogP contribution in [0.15, 0.2) is 54.6 Å². The molecule has 0 spiro atoms. The summed E-state index contributed by atoms with van der Waals surface area (Å²) in [5.74, 6) is 1.71. The van der Waals surface area contributed by atoms with E-state index in [9.17, 15) is 4.79 Å². The van der Waals surface area contributed by atoms with E-state index < -0.39 is 4.87 Å². The molecule has 2 saturated heterocycles. The Morgan fingerprint density at radius 3 is 2.47 bits per heavy atom. The highest BCUT2D eigenvalue weighted by Gasteiger charge is 2.43. The van der Waals surface area contributed by atoms with E-state index in [0.717, 1.165) is 49.8 Å². The average Bonchev–Trinajstić information content (AvgIpc) is 3.18. The van der Waals surface area contributed by atoms with Gasteiger partial charge in [0.15, 0.2) is 0 Å². The Labute approximate surface area is 183 Å². The first-order chi connectivity index (χ1) is 14.6. The molecule has 0 radical (unpaired) electrons. The molecule has 160 valence electrons. The maximum atomic E-state index is 11.9. The zero-order valence-corrected chi connectivity index (χ0v) is 18.3. The molecule has 2 amide bonds. The lowest BCUT2D eigenvalue weighted by molar-refractivity contribution is 0.181. The van der Waals surface area contributed by atoms with Crippen molar-refractivity contribution in [1.82, 2.24) is 9.80 Å². The number of hydrogen-bond donors (Lipinski definition) is 1. The van der Waals surface area contributed by atoms with E-state index in [1.807, 2.05) is 24.3 Å². The molecule has 2 aromatic carbocycles. The van der Waals surface area contributed by atoms with Gasteiger partial charge in [-0.15, -0.1) is 11.8 Å². The van der Waals surface area contributed by atoms with Crippen molar-refractivity contribution >= 4 is 23.5 Å². The summed E-state index contributed by atoms with van der Waals surface area (Å²) in [6.07, 6.45) is 0. The Kier molecular flexibility index (Phi) is 6.39.